The molecule has 0 bridgehead atoms. The van der Waals surface area contributed by atoms with Gasteiger partial charge in [0.15, 0.2) is 0 Å². The van der Waals surface area contributed by atoms with Gasteiger partial charge in [0.25, 0.3) is 0 Å². The third kappa shape index (κ3) is 3.41. The Bertz CT molecular complexity index is 478. The summed E-state index contributed by atoms with van der Waals surface area (Å²) in [5, 5.41) is 3.88. The molecule has 1 aliphatic rings. The molecule has 2 rings (SSSR count). The van der Waals surface area contributed by atoms with Gasteiger partial charge in [-0.3, -0.25) is 4.79 Å². The second kappa shape index (κ2) is 6.80. The molecule has 21 heavy (non-hydrogen) atoms. The van der Waals surface area contributed by atoms with Gasteiger partial charge in [-0.15, -0.1) is 0 Å². The quantitative estimate of drug-likeness (QED) is 0.812. The third-order valence-corrected chi connectivity index (χ3v) is 5.05. The van der Waals surface area contributed by atoms with Crippen LogP contribution in [0.4, 0.5) is 0 Å². The van der Waals surface area contributed by atoms with Crippen LogP contribution in [0.3, 0.4) is 0 Å². The fourth-order valence-electron chi connectivity index (χ4n) is 3.05. The molecule has 116 valence electrons. The average Bonchev–Trinajstić information content (AvgIpc) is 3.33. The zero-order valence-electron chi connectivity index (χ0n) is 12.9. The van der Waals surface area contributed by atoms with Gasteiger partial charge >= 0.3 is 0 Å². The molecule has 1 aromatic carbocycles. The molecule has 0 saturated heterocycles. The summed E-state index contributed by atoms with van der Waals surface area (Å²) >= 11 is 5.97. The summed E-state index contributed by atoms with van der Waals surface area (Å²) in [6.45, 7) is 4.64. The van der Waals surface area contributed by atoms with E-state index in [1.54, 1.807) is 0 Å². The highest BCUT2D eigenvalue weighted by Crippen LogP contribution is 2.35. The number of carbonyl (C=O) groups excluding carboxylic acids is 1. The summed E-state index contributed by atoms with van der Waals surface area (Å²) in [4.78, 5) is 12.9. The van der Waals surface area contributed by atoms with Crippen LogP contribution in [0.1, 0.15) is 45.1 Å². The Kier molecular flexibility index (Phi) is 5.28. The number of hydrogen-bond acceptors (Lipinski definition) is 2. The normalized spacial score (nSPS) is 16.6. The molecule has 1 saturated carbocycles. The molecule has 0 aliphatic heterocycles. The van der Waals surface area contributed by atoms with Gasteiger partial charge in [-0.1, -0.05) is 37.6 Å². The summed E-state index contributed by atoms with van der Waals surface area (Å²) in [7, 11) is 0. The molecule has 4 heteroatoms. The number of benzene rings is 1. The minimum absolute atomic E-state index is 0.0946. The summed E-state index contributed by atoms with van der Waals surface area (Å²) in [6, 6.07) is 7.74. The number of halogens is 1. The Balaban J connectivity index is 2.23. The number of nitrogens with one attached hydrogen (secondary N) is 1. The van der Waals surface area contributed by atoms with Gasteiger partial charge in [-0.05, 0) is 49.3 Å². The van der Waals surface area contributed by atoms with E-state index in [1.165, 1.54) is 12.8 Å². The Labute approximate surface area is 132 Å². The summed E-state index contributed by atoms with van der Waals surface area (Å²) in [6.07, 6.45) is 3.88. The molecule has 1 atom stereocenters. The Morgan fingerprint density at radius 3 is 2.33 bits per heavy atom. The predicted molar refractivity (Wildman–Crippen MR) is 87.4 cm³/mol. The van der Waals surface area contributed by atoms with E-state index in [0.717, 1.165) is 18.4 Å². The topological polar surface area (TPSA) is 55.1 Å². The fraction of sp³-hybridized carbons (Fsp3) is 0.588. The highest BCUT2D eigenvalue weighted by molar-refractivity contribution is 6.30. The number of amides is 1. The van der Waals surface area contributed by atoms with Crippen molar-refractivity contribution in [2.75, 3.05) is 6.54 Å². The zero-order chi connectivity index (χ0) is 15.5. The first-order valence-electron chi connectivity index (χ1n) is 7.84. The Hall–Kier alpha value is -1.06. The van der Waals surface area contributed by atoms with Crippen LogP contribution in [0.25, 0.3) is 0 Å². The van der Waals surface area contributed by atoms with Crippen LogP contribution >= 0.6 is 11.6 Å². The van der Waals surface area contributed by atoms with Crippen molar-refractivity contribution in [1.29, 1.82) is 0 Å². The zero-order valence-corrected chi connectivity index (χ0v) is 13.6. The minimum atomic E-state index is -0.493. The van der Waals surface area contributed by atoms with Crippen molar-refractivity contribution in [2.24, 2.45) is 11.7 Å². The van der Waals surface area contributed by atoms with Crippen LogP contribution in [-0.4, -0.2) is 18.5 Å². The molecule has 1 fully saturated rings. The molecular formula is C17H25ClN2O. The lowest BCUT2D eigenvalue weighted by Crippen LogP contribution is -2.50. The molecule has 0 radical (unpaired) electrons. The average molecular weight is 309 g/mol. The van der Waals surface area contributed by atoms with Gasteiger partial charge in [0.1, 0.15) is 0 Å². The first-order valence-corrected chi connectivity index (χ1v) is 8.22. The van der Waals surface area contributed by atoms with Gasteiger partial charge in [0, 0.05) is 17.6 Å². The lowest BCUT2D eigenvalue weighted by atomic mass is 9.75. The fourth-order valence-corrected chi connectivity index (χ4v) is 3.18. The highest BCUT2D eigenvalue weighted by Gasteiger charge is 2.40. The molecule has 3 N–H and O–H groups in total. The number of rotatable bonds is 7. The monoisotopic (exact) mass is 308 g/mol. The van der Waals surface area contributed by atoms with Gasteiger partial charge in [0.2, 0.25) is 5.91 Å². The summed E-state index contributed by atoms with van der Waals surface area (Å²) in [5.41, 5.74) is 6.35. The van der Waals surface area contributed by atoms with Crippen molar-refractivity contribution < 1.29 is 4.79 Å². The number of hydrogen-bond donors (Lipinski definition) is 2. The van der Waals surface area contributed by atoms with Crippen molar-refractivity contribution in [2.45, 2.75) is 51.0 Å². The maximum atomic E-state index is 12.9. The van der Waals surface area contributed by atoms with Crippen LogP contribution in [0.2, 0.25) is 5.02 Å². The van der Waals surface area contributed by atoms with E-state index in [0.29, 0.717) is 17.5 Å². The lowest BCUT2D eigenvalue weighted by molar-refractivity contribution is -0.128. The van der Waals surface area contributed by atoms with Gasteiger partial charge in [0.05, 0.1) is 5.41 Å². The lowest BCUT2D eigenvalue weighted by Gasteiger charge is -2.33. The molecule has 0 spiro atoms. The van der Waals surface area contributed by atoms with Gasteiger partial charge in [-0.2, -0.15) is 0 Å². The molecule has 0 heterocycles. The second-order valence-corrected chi connectivity index (χ2v) is 6.39. The van der Waals surface area contributed by atoms with E-state index < -0.39 is 5.41 Å². The van der Waals surface area contributed by atoms with Crippen LogP contribution in [0.15, 0.2) is 24.3 Å². The maximum absolute atomic E-state index is 12.9. The molecule has 1 aromatic rings. The van der Waals surface area contributed by atoms with Crippen LogP contribution < -0.4 is 11.1 Å². The van der Waals surface area contributed by atoms with Crippen molar-refractivity contribution in [3.63, 3.8) is 0 Å². The van der Waals surface area contributed by atoms with Crippen molar-refractivity contribution in [3.05, 3.63) is 34.9 Å². The molecule has 1 unspecified atom stereocenters. The van der Waals surface area contributed by atoms with Crippen molar-refractivity contribution in [3.8, 4) is 0 Å². The largest absolute Gasteiger partial charge is 0.351 e. The van der Waals surface area contributed by atoms with Gasteiger partial charge < -0.3 is 11.1 Å². The maximum Gasteiger partial charge on any atom is 0.230 e. The summed E-state index contributed by atoms with van der Waals surface area (Å²) in [5.74, 6) is 0.660. The van der Waals surface area contributed by atoms with E-state index in [9.17, 15) is 4.79 Å². The first-order chi connectivity index (χ1) is 10.1. The van der Waals surface area contributed by atoms with Crippen LogP contribution in [0.5, 0.6) is 0 Å². The van der Waals surface area contributed by atoms with E-state index in [1.807, 2.05) is 24.3 Å². The van der Waals surface area contributed by atoms with Crippen LogP contribution in [0, 0.1) is 5.92 Å². The molecule has 3 nitrogen and oxygen atoms in total. The van der Waals surface area contributed by atoms with Gasteiger partial charge in [-0.25, -0.2) is 0 Å². The summed E-state index contributed by atoms with van der Waals surface area (Å²) < 4.78 is 0. The van der Waals surface area contributed by atoms with E-state index in [4.69, 9.17) is 17.3 Å². The predicted octanol–water partition coefficient (Wildman–Crippen LogP) is 3.25. The smallest absolute Gasteiger partial charge is 0.230 e. The number of carbonyl (C=O) groups is 1. The molecule has 1 aliphatic carbocycles. The van der Waals surface area contributed by atoms with E-state index >= 15 is 0 Å². The molecule has 1 amide bonds. The van der Waals surface area contributed by atoms with Crippen molar-refractivity contribution >= 4 is 17.5 Å². The first kappa shape index (κ1) is 16.3. The Morgan fingerprint density at radius 1 is 1.33 bits per heavy atom. The van der Waals surface area contributed by atoms with E-state index in [-0.39, 0.29) is 11.9 Å². The SMILES string of the molecule is CCC(CC)(C(=O)NC(CN)C1CC1)c1ccc(Cl)cc1. The minimum Gasteiger partial charge on any atom is -0.351 e. The third-order valence-electron chi connectivity index (χ3n) is 4.80. The van der Waals surface area contributed by atoms with E-state index in [2.05, 4.69) is 19.2 Å². The highest BCUT2D eigenvalue weighted by atomic mass is 35.5. The molecular weight excluding hydrogens is 284 g/mol. The standard InChI is InChI=1S/C17H25ClN2O/c1-3-17(4-2,13-7-9-14(18)10-8-13)16(21)20-15(11-19)12-5-6-12/h7-10,12,15H,3-6,11,19H2,1-2H3,(H,20,21). The second-order valence-electron chi connectivity index (χ2n) is 5.95. The number of nitrogens with two attached hydrogens (primary N) is 1. The van der Waals surface area contributed by atoms with Crippen molar-refractivity contribution in [1.82, 2.24) is 5.32 Å². The molecule has 0 aromatic heterocycles. The van der Waals surface area contributed by atoms with Crippen LogP contribution in [-0.2, 0) is 10.2 Å². The Morgan fingerprint density at radius 2 is 1.90 bits per heavy atom.